The van der Waals surface area contributed by atoms with Gasteiger partial charge >= 0.3 is 5.97 Å². The van der Waals surface area contributed by atoms with Crippen molar-refractivity contribution in [1.82, 2.24) is 0 Å². The van der Waals surface area contributed by atoms with E-state index in [2.05, 4.69) is 0 Å². The number of para-hydroxylation sites is 1. The number of esters is 1. The van der Waals surface area contributed by atoms with Crippen LogP contribution < -0.4 is 4.74 Å². The van der Waals surface area contributed by atoms with Crippen molar-refractivity contribution >= 4 is 17.6 Å². The van der Waals surface area contributed by atoms with E-state index >= 15 is 0 Å². The second kappa shape index (κ2) is 8.95. The molecule has 1 atom stereocenters. The van der Waals surface area contributed by atoms with Gasteiger partial charge in [0.1, 0.15) is 5.75 Å². The number of ether oxygens (including phenoxy) is 1. The number of rotatable bonds is 8. The monoisotopic (exact) mass is 270 g/mol. The summed E-state index contributed by atoms with van der Waals surface area (Å²) in [6, 6.07) is 9.02. The largest absolute Gasteiger partial charge is 0.427 e. The maximum Gasteiger partial charge on any atom is 0.311 e. The zero-order valence-electron chi connectivity index (χ0n) is 10.3. The third kappa shape index (κ3) is 6.62. The zero-order valence-corrected chi connectivity index (χ0v) is 11.1. The van der Waals surface area contributed by atoms with Gasteiger partial charge in [-0.05, 0) is 31.4 Å². The molecule has 1 N–H and O–H groups in total. The highest BCUT2D eigenvalue weighted by molar-refractivity contribution is 6.17. The fourth-order valence-electron chi connectivity index (χ4n) is 1.59. The standard InChI is InChI=1S/C14H19ClO3/c15-11-10-12(16)6-4-5-9-14(17)18-13-7-2-1-3-8-13/h1-3,7-8,12,16H,4-6,9-11H2. The maximum absolute atomic E-state index is 11.5. The Hall–Kier alpha value is -1.06. The molecule has 1 unspecified atom stereocenters. The van der Waals surface area contributed by atoms with Crippen molar-refractivity contribution in [2.75, 3.05) is 5.88 Å². The van der Waals surface area contributed by atoms with Crippen molar-refractivity contribution < 1.29 is 14.6 Å². The van der Waals surface area contributed by atoms with Gasteiger partial charge in [0.05, 0.1) is 6.10 Å². The highest BCUT2D eigenvalue weighted by Gasteiger charge is 2.06. The van der Waals surface area contributed by atoms with Crippen LogP contribution in [0.1, 0.15) is 32.1 Å². The van der Waals surface area contributed by atoms with Gasteiger partial charge in [-0.2, -0.15) is 0 Å². The lowest BCUT2D eigenvalue weighted by Crippen LogP contribution is -2.09. The van der Waals surface area contributed by atoms with Gasteiger partial charge in [-0.1, -0.05) is 24.6 Å². The Labute approximate surface area is 113 Å². The highest BCUT2D eigenvalue weighted by atomic mass is 35.5. The predicted molar refractivity (Wildman–Crippen MR) is 71.9 cm³/mol. The first kappa shape index (κ1) is 15.0. The second-order valence-corrected chi connectivity index (χ2v) is 4.54. The Morgan fingerprint density at radius 2 is 1.94 bits per heavy atom. The smallest absolute Gasteiger partial charge is 0.311 e. The lowest BCUT2D eigenvalue weighted by molar-refractivity contribution is -0.134. The van der Waals surface area contributed by atoms with E-state index in [0.29, 0.717) is 30.9 Å². The van der Waals surface area contributed by atoms with Gasteiger partial charge in [-0.15, -0.1) is 11.6 Å². The van der Waals surface area contributed by atoms with Crippen LogP contribution in [0.4, 0.5) is 0 Å². The molecule has 0 bridgehead atoms. The van der Waals surface area contributed by atoms with E-state index in [0.717, 1.165) is 12.8 Å². The van der Waals surface area contributed by atoms with Crippen LogP contribution in [0.2, 0.25) is 0 Å². The van der Waals surface area contributed by atoms with Crippen molar-refractivity contribution in [3.8, 4) is 5.75 Å². The number of unbranched alkanes of at least 4 members (excludes halogenated alkanes) is 1. The molecule has 0 fully saturated rings. The van der Waals surface area contributed by atoms with E-state index in [1.165, 1.54) is 0 Å². The Balaban J connectivity index is 2.11. The molecule has 18 heavy (non-hydrogen) atoms. The lowest BCUT2D eigenvalue weighted by atomic mass is 10.1. The van der Waals surface area contributed by atoms with Gasteiger partial charge in [0.25, 0.3) is 0 Å². The highest BCUT2D eigenvalue weighted by Crippen LogP contribution is 2.11. The topological polar surface area (TPSA) is 46.5 Å². The van der Waals surface area contributed by atoms with E-state index in [1.807, 2.05) is 18.2 Å². The summed E-state index contributed by atoms with van der Waals surface area (Å²) in [4.78, 5) is 11.5. The van der Waals surface area contributed by atoms with Crippen LogP contribution in [0.3, 0.4) is 0 Å². The molecule has 4 heteroatoms. The molecule has 0 radical (unpaired) electrons. The molecule has 0 spiro atoms. The molecule has 0 aliphatic carbocycles. The van der Waals surface area contributed by atoms with Crippen molar-refractivity contribution in [2.24, 2.45) is 0 Å². The summed E-state index contributed by atoms with van der Waals surface area (Å²) in [6.07, 6.45) is 2.85. The number of carbonyl (C=O) groups is 1. The van der Waals surface area contributed by atoms with Gasteiger partial charge in [0.2, 0.25) is 0 Å². The van der Waals surface area contributed by atoms with Crippen LogP contribution in [-0.2, 0) is 4.79 Å². The van der Waals surface area contributed by atoms with Crippen molar-refractivity contribution in [3.05, 3.63) is 30.3 Å². The SMILES string of the molecule is O=C(CCCCC(O)CCCl)Oc1ccccc1. The molecule has 1 aromatic carbocycles. The summed E-state index contributed by atoms with van der Waals surface area (Å²) in [5.74, 6) is 0.815. The first-order valence-corrected chi connectivity index (χ1v) is 6.75. The third-order valence-corrected chi connectivity index (χ3v) is 2.80. The lowest BCUT2D eigenvalue weighted by Gasteiger charge is -2.08. The van der Waals surface area contributed by atoms with E-state index in [9.17, 15) is 9.90 Å². The van der Waals surface area contributed by atoms with E-state index in [4.69, 9.17) is 16.3 Å². The fourth-order valence-corrected chi connectivity index (χ4v) is 1.84. The molecular formula is C14H19ClO3. The number of aliphatic hydroxyl groups is 1. The summed E-state index contributed by atoms with van der Waals surface area (Å²) in [5, 5.41) is 9.45. The Bertz CT molecular complexity index is 340. The molecule has 0 aliphatic heterocycles. The Morgan fingerprint density at radius 3 is 2.61 bits per heavy atom. The molecule has 100 valence electrons. The average Bonchev–Trinajstić information content (AvgIpc) is 2.36. The average molecular weight is 271 g/mol. The number of aliphatic hydroxyl groups excluding tert-OH is 1. The van der Waals surface area contributed by atoms with Crippen LogP contribution in [0.5, 0.6) is 5.75 Å². The summed E-state index contributed by atoms with van der Waals surface area (Å²) in [7, 11) is 0. The normalized spacial score (nSPS) is 12.1. The van der Waals surface area contributed by atoms with Gasteiger partial charge in [-0.25, -0.2) is 0 Å². The summed E-state index contributed by atoms with van der Waals surface area (Å²) in [6.45, 7) is 0. The Morgan fingerprint density at radius 1 is 1.22 bits per heavy atom. The van der Waals surface area contributed by atoms with E-state index in [-0.39, 0.29) is 12.1 Å². The van der Waals surface area contributed by atoms with E-state index < -0.39 is 0 Å². The summed E-state index contributed by atoms with van der Waals surface area (Å²) < 4.78 is 5.15. The minimum atomic E-state index is -0.354. The number of halogens is 1. The van der Waals surface area contributed by atoms with Crippen LogP contribution in [-0.4, -0.2) is 23.1 Å². The maximum atomic E-state index is 11.5. The number of hydrogen-bond acceptors (Lipinski definition) is 3. The van der Waals surface area contributed by atoms with Crippen LogP contribution >= 0.6 is 11.6 Å². The molecule has 0 aromatic heterocycles. The quantitative estimate of drug-likeness (QED) is 0.342. The second-order valence-electron chi connectivity index (χ2n) is 4.16. The predicted octanol–water partition coefficient (Wildman–Crippen LogP) is 3.14. The third-order valence-electron chi connectivity index (χ3n) is 2.59. The molecule has 0 aliphatic rings. The molecule has 0 amide bonds. The zero-order chi connectivity index (χ0) is 13.2. The van der Waals surface area contributed by atoms with Crippen molar-refractivity contribution in [3.63, 3.8) is 0 Å². The molecule has 0 heterocycles. The summed E-state index contributed by atoms with van der Waals surface area (Å²) in [5.41, 5.74) is 0. The van der Waals surface area contributed by atoms with Gasteiger partial charge in [0.15, 0.2) is 0 Å². The molecular weight excluding hydrogens is 252 g/mol. The first-order chi connectivity index (χ1) is 8.72. The number of benzene rings is 1. The minimum Gasteiger partial charge on any atom is -0.427 e. The summed E-state index contributed by atoms with van der Waals surface area (Å²) >= 11 is 5.52. The van der Waals surface area contributed by atoms with Crippen LogP contribution in [0.15, 0.2) is 30.3 Å². The van der Waals surface area contributed by atoms with Gasteiger partial charge in [0, 0.05) is 12.3 Å². The minimum absolute atomic E-state index is 0.229. The molecule has 0 saturated carbocycles. The van der Waals surface area contributed by atoms with Gasteiger partial charge in [-0.3, -0.25) is 4.79 Å². The van der Waals surface area contributed by atoms with Crippen molar-refractivity contribution in [2.45, 2.75) is 38.2 Å². The first-order valence-electron chi connectivity index (χ1n) is 6.22. The van der Waals surface area contributed by atoms with Gasteiger partial charge < -0.3 is 9.84 Å². The van der Waals surface area contributed by atoms with Crippen molar-refractivity contribution in [1.29, 1.82) is 0 Å². The molecule has 3 nitrogen and oxygen atoms in total. The van der Waals surface area contributed by atoms with Crippen LogP contribution in [0, 0.1) is 0 Å². The molecule has 1 aromatic rings. The fraction of sp³-hybridized carbons (Fsp3) is 0.500. The number of hydrogen-bond donors (Lipinski definition) is 1. The number of alkyl halides is 1. The molecule has 0 saturated heterocycles. The molecule has 1 rings (SSSR count). The Kier molecular flexibility index (Phi) is 7.46. The van der Waals surface area contributed by atoms with Crippen LogP contribution in [0.25, 0.3) is 0 Å². The van der Waals surface area contributed by atoms with E-state index in [1.54, 1.807) is 12.1 Å². The number of carbonyl (C=O) groups excluding carboxylic acids is 1.